The second-order valence-electron chi connectivity index (χ2n) is 4.79. The van der Waals surface area contributed by atoms with E-state index in [4.69, 9.17) is 4.74 Å². The van der Waals surface area contributed by atoms with Crippen molar-refractivity contribution in [3.05, 3.63) is 17.1 Å². The molecule has 0 saturated heterocycles. The van der Waals surface area contributed by atoms with Crippen LogP contribution in [0, 0.1) is 0 Å². The summed E-state index contributed by atoms with van der Waals surface area (Å²) >= 11 is 0. The Morgan fingerprint density at radius 2 is 2.06 bits per heavy atom. The minimum absolute atomic E-state index is 0.687. The van der Waals surface area contributed by atoms with Crippen molar-refractivity contribution in [2.75, 3.05) is 25.6 Å². The van der Waals surface area contributed by atoms with E-state index in [1.54, 1.807) is 7.11 Å². The van der Waals surface area contributed by atoms with Crippen LogP contribution in [0.3, 0.4) is 0 Å². The Balaban J connectivity index is 2.22. The maximum absolute atomic E-state index is 5.11. The fourth-order valence-electron chi connectivity index (χ4n) is 2.34. The highest BCUT2D eigenvalue weighted by atomic mass is 16.5. The number of nitrogens with zero attached hydrogens (tertiary/aromatic N) is 2. The van der Waals surface area contributed by atoms with Crippen LogP contribution in [0.25, 0.3) is 0 Å². The van der Waals surface area contributed by atoms with Gasteiger partial charge in [-0.2, -0.15) is 0 Å². The molecule has 4 heteroatoms. The van der Waals surface area contributed by atoms with Gasteiger partial charge in [0.25, 0.3) is 0 Å². The third-order valence-electron chi connectivity index (χ3n) is 3.30. The Labute approximate surface area is 109 Å². The summed E-state index contributed by atoms with van der Waals surface area (Å²) < 4.78 is 5.11. The van der Waals surface area contributed by atoms with Gasteiger partial charge in [-0.25, -0.2) is 9.97 Å². The molecular weight excluding hydrogens is 226 g/mol. The lowest BCUT2D eigenvalue weighted by Crippen LogP contribution is -2.16. The molecule has 18 heavy (non-hydrogen) atoms. The van der Waals surface area contributed by atoms with Crippen molar-refractivity contribution in [1.29, 1.82) is 0 Å². The van der Waals surface area contributed by atoms with Crippen molar-refractivity contribution >= 4 is 5.82 Å². The SMILES string of the molecule is CCCNc1nc(CCOC)nc2c1CCCC2. The van der Waals surface area contributed by atoms with Gasteiger partial charge >= 0.3 is 0 Å². The van der Waals surface area contributed by atoms with Crippen LogP contribution in [0.15, 0.2) is 0 Å². The van der Waals surface area contributed by atoms with E-state index in [0.29, 0.717) is 6.61 Å². The predicted molar refractivity (Wildman–Crippen MR) is 73.0 cm³/mol. The fraction of sp³-hybridized carbons (Fsp3) is 0.714. The molecule has 0 saturated carbocycles. The quantitative estimate of drug-likeness (QED) is 0.840. The molecule has 1 aliphatic rings. The van der Waals surface area contributed by atoms with Gasteiger partial charge in [0.2, 0.25) is 0 Å². The Hall–Kier alpha value is -1.16. The average molecular weight is 249 g/mol. The van der Waals surface area contributed by atoms with Crippen LogP contribution < -0.4 is 5.32 Å². The zero-order valence-corrected chi connectivity index (χ0v) is 11.5. The zero-order valence-electron chi connectivity index (χ0n) is 11.5. The lowest BCUT2D eigenvalue weighted by molar-refractivity contribution is 0.200. The summed E-state index contributed by atoms with van der Waals surface area (Å²) in [6.07, 6.45) is 6.64. The number of methoxy groups -OCH3 is 1. The third kappa shape index (κ3) is 3.19. The number of aromatic nitrogens is 2. The Morgan fingerprint density at radius 1 is 1.22 bits per heavy atom. The second-order valence-corrected chi connectivity index (χ2v) is 4.79. The van der Waals surface area contributed by atoms with Crippen LogP contribution in [0.4, 0.5) is 5.82 Å². The fourth-order valence-corrected chi connectivity index (χ4v) is 2.34. The van der Waals surface area contributed by atoms with Gasteiger partial charge in [-0.15, -0.1) is 0 Å². The number of anilines is 1. The highest BCUT2D eigenvalue weighted by molar-refractivity contribution is 5.47. The molecule has 1 aliphatic carbocycles. The van der Waals surface area contributed by atoms with Crippen LogP contribution in [0.5, 0.6) is 0 Å². The van der Waals surface area contributed by atoms with Gasteiger partial charge in [0.1, 0.15) is 11.6 Å². The van der Waals surface area contributed by atoms with E-state index in [1.165, 1.54) is 24.1 Å². The van der Waals surface area contributed by atoms with Gasteiger partial charge in [-0.3, -0.25) is 0 Å². The van der Waals surface area contributed by atoms with Crippen LogP contribution in [-0.2, 0) is 24.0 Å². The molecular formula is C14H23N3O. The monoisotopic (exact) mass is 249 g/mol. The van der Waals surface area contributed by atoms with Crippen LogP contribution in [0.1, 0.15) is 43.3 Å². The standard InChI is InChI=1S/C14H23N3O/c1-3-9-15-14-11-6-4-5-7-12(11)16-13(17-14)8-10-18-2/h3-10H2,1-2H3,(H,15,16,17). The minimum Gasteiger partial charge on any atom is -0.384 e. The van der Waals surface area contributed by atoms with Crippen LogP contribution >= 0.6 is 0 Å². The molecule has 100 valence electrons. The largest absolute Gasteiger partial charge is 0.384 e. The second kappa shape index (κ2) is 6.69. The van der Waals surface area contributed by atoms with Crippen molar-refractivity contribution in [1.82, 2.24) is 9.97 Å². The summed E-state index contributed by atoms with van der Waals surface area (Å²) in [5.74, 6) is 1.98. The van der Waals surface area contributed by atoms with E-state index in [9.17, 15) is 0 Å². The molecule has 0 aromatic carbocycles. The maximum atomic E-state index is 5.11. The van der Waals surface area contributed by atoms with Crippen molar-refractivity contribution in [2.24, 2.45) is 0 Å². The van der Waals surface area contributed by atoms with E-state index >= 15 is 0 Å². The van der Waals surface area contributed by atoms with Gasteiger partial charge in [-0.1, -0.05) is 6.92 Å². The summed E-state index contributed by atoms with van der Waals surface area (Å²) in [4.78, 5) is 9.35. The van der Waals surface area contributed by atoms with Gasteiger partial charge in [0.15, 0.2) is 0 Å². The Bertz CT molecular complexity index is 393. The molecule has 0 fully saturated rings. The molecule has 4 nitrogen and oxygen atoms in total. The van der Waals surface area contributed by atoms with Crippen molar-refractivity contribution in [3.8, 4) is 0 Å². The lowest BCUT2D eigenvalue weighted by Gasteiger charge is -2.19. The number of hydrogen-bond acceptors (Lipinski definition) is 4. The summed E-state index contributed by atoms with van der Waals surface area (Å²) in [6.45, 7) is 3.84. The highest BCUT2D eigenvalue weighted by Crippen LogP contribution is 2.25. The molecule has 0 aliphatic heterocycles. The lowest BCUT2D eigenvalue weighted by atomic mass is 9.96. The van der Waals surface area contributed by atoms with Gasteiger partial charge in [-0.05, 0) is 32.1 Å². The molecule has 1 aromatic heterocycles. The van der Waals surface area contributed by atoms with Crippen molar-refractivity contribution in [3.63, 3.8) is 0 Å². The first-order valence-corrected chi connectivity index (χ1v) is 6.96. The van der Waals surface area contributed by atoms with E-state index < -0.39 is 0 Å². The third-order valence-corrected chi connectivity index (χ3v) is 3.30. The Kier molecular flexibility index (Phi) is 4.93. The molecule has 0 bridgehead atoms. The van der Waals surface area contributed by atoms with E-state index in [-0.39, 0.29) is 0 Å². The van der Waals surface area contributed by atoms with Crippen LogP contribution in [0.2, 0.25) is 0 Å². The van der Waals surface area contributed by atoms with Crippen LogP contribution in [-0.4, -0.2) is 30.2 Å². The topological polar surface area (TPSA) is 47.0 Å². The normalized spacial score (nSPS) is 14.3. The number of fused-ring (bicyclic) bond motifs is 1. The summed E-state index contributed by atoms with van der Waals surface area (Å²) in [6, 6.07) is 0. The first-order valence-electron chi connectivity index (χ1n) is 6.96. The molecule has 1 aromatic rings. The first kappa shape index (κ1) is 13.3. The number of nitrogens with one attached hydrogen (secondary N) is 1. The van der Waals surface area contributed by atoms with Crippen molar-refractivity contribution < 1.29 is 4.74 Å². The molecule has 0 radical (unpaired) electrons. The molecule has 0 unspecified atom stereocenters. The van der Waals surface area contributed by atoms with Gasteiger partial charge < -0.3 is 10.1 Å². The summed E-state index contributed by atoms with van der Waals surface area (Å²) in [5, 5.41) is 3.45. The molecule has 0 amide bonds. The zero-order chi connectivity index (χ0) is 12.8. The number of ether oxygens (including phenoxy) is 1. The average Bonchev–Trinajstić information content (AvgIpc) is 2.42. The summed E-state index contributed by atoms with van der Waals surface area (Å²) in [5.41, 5.74) is 2.59. The molecule has 1 N–H and O–H groups in total. The van der Waals surface area contributed by atoms with E-state index in [0.717, 1.165) is 43.9 Å². The molecule has 0 atom stereocenters. The molecule has 0 spiro atoms. The highest BCUT2D eigenvalue weighted by Gasteiger charge is 2.17. The molecule has 1 heterocycles. The molecule has 2 rings (SSSR count). The minimum atomic E-state index is 0.687. The van der Waals surface area contributed by atoms with E-state index in [1.807, 2.05) is 0 Å². The van der Waals surface area contributed by atoms with E-state index in [2.05, 4.69) is 22.2 Å². The first-order chi connectivity index (χ1) is 8.85. The summed E-state index contributed by atoms with van der Waals surface area (Å²) in [7, 11) is 1.72. The Morgan fingerprint density at radius 3 is 2.83 bits per heavy atom. The number of rotatable bonds is 6. The maximum Gasteiger partial charge on any atom is 0.133 e. The predicted octanol–water partition coefficient (Wildman–Crippen LogP) is 2.37. The van der Waals surface area contributed by atoms with Gasteiger partial charge in [0, 0.05) is 31.3 Å². The van der Waals surface area contributed by atoms with Crippen molar-refractivity contribution in [2.45, 2.75) is 45.4 Å². The number of aryl methyl sites for hydroxylation is 1. The smallest absolute Gasteiger partial charge is 0.133 e. The number of hydrogen-bond donors (Lipinski definition) is 1. The van der Waals surface area contributed by atoms with Gasteiger partial charge in [0.05, 0.1) is 6.61 Å².